The minimum absolute atomic E-state index is 0.190. The topological polar surface area (TPSA) is 89.6 Å². The van der Waals surface area contributed by atoms with E-state index in [-0.39, 0.29) is 17.9 Å². The number of hydrogen-bond donors (Lipinski definition) is 2. The summed E-state index contributed by atoms with van der Waals surface area (Å²) in [7, 11) is 0. The van der Waals surface area contributed by atoms with Gasteiger partial charge >= 0.3 is 11.9 Å². The number of nitrogens with two attached hydrogens (primary N) is 1. The summed E-state index contributed by atoms with van der Waals surface area (Å²) in [6.07, 6.45) is 0. The van der Waals surface area contributed by atoms with Crippen molar-refractivity contribution in [1.29, 1.82) is 0 Å². The van der Waals surface area contributed by atoms with Gasteiger partial charge in [-0.3, -0.25) is 4.79 Å². The number of carboxylic acid groups (broad SMARTS) is 1. The van der Waals surface area contributed by atoms with Crippen LogP contribution in [0.15, 0.2) is 18.2 Å². The Kier molecular flexibility index (Phi) is 3.90. The normalized spacial score (nSPS) is 11.1. The summed E-state index contributed by atoms with van der Waals surface area (Å²) in [6, 6.07) is 3.56. The second kappa shape index (κ2) is 5.03. The Labute approximate surface area is 103 Å². The summed E-state index contributed by atoms with van der Waals surface area (Å²) >= 11 is 0. The number of carbonyl (C=O) groups excluding carboxylic acids is 1. The summed E-state index contributed by atoms with van der Waals surface area (Å²) in [5, 5.41) is 8.83. The Morgan fingerprint density at radius 3 is 2.56 bits per heavy atom. The fourth-order valence-corrected chi connectivity index (χ4v) is 1.08. The van der Waals surface area contributed by atoms with Crippen LogP contribution in [0.25, 0.3) is 0 Å². The second-order valence-electron chi connectivity index (χ2n) is 4.50. The first-order chi connectivity index (χ1) is 8.24. The minimum atomic E-state index is -1.22. The lowest BCUT2D eigenvalue weighted by atomic mass is 9.95. The lowest BCUT2D eigenvalue weighted by Crippen LogP contribution is -2.30. The van der Waals surface area contributed by atoms with Gasteiger partial charge in [0.2, 0.25) is 0 Å². The standard InChI is InChI=1S/C12H14FNO4/c1-12(2,11(16)17)6-18-10(15)8-4-3-7(14)5-9(8)13/h3-5H,6,14H2,1-2H3,(H,16,17). The average Bonchev–Trinajstić information content (AvgIpc) is 2.25. The van der Waals surface area contributed by atoms with Gasteiger partial charge in [-0.1, -0.05) is 0 Å². The highest BCUT2D eigenvalue weighted by Crippen LogP contribution is 2.18. The van der Waals surface area contributed by atoms with Gasteiger partial charge in [0.1, 0.15) is 12.4 Å². The predicted octanol–water partition coefficient (Wildman–Crippen LogP) is 1.68. The number of benzene rings is 1. The first-order valence-corrected chi connectivity index (χ1v) is 5.19. The van der Waals surface area contributed by atoms with E-state index in [1.54, 1.807) is 0 Å². The molecule has 0 aliphatic heterocycles. The quantitative estimate of drug-likeness (QED) is 0.631. The lowest BCUT2D eigenvalue weighted by Gasteiger charge is -2.18. The van der Waals surface area contributed by atoms with Crippen LogP contribution in [-0.2, 0) is 9.53 Å². The fourth-order valence-electron chi connectivity index (χ4n) is 1.08. The zero-order valence-corrected chi connectivity index (χ0v) is 10.1. The number of nitrogen functional groups attached to an aromatic ring is 1. The van der Waals surface area contributed by atoms with Gasteiger partial charge in [-0.15, -0.1) is 0 Å². The van der Waals surface area contributed by atoms with Gasteiger partial charge in [-0.25, -0.2) is 9.18 Å². The third-order valence-corrected chi connectivity index (χ3v) is 2.36. The largest absolute Gasteiger partial charge is 0.481 e. The molecule has 0 bridgehead atoms. The molecule has 0 saturated carbocycles. The number of carbonyl (C=O) groups is 2. The minimum Gasteiger partial charge on any atom is -0.481 e. The highest BCUT2D eigenvalue weighted by Gasteiger charge is 2.29. The molecule has 98 valence electrons. The molecule has 6 heteroatoms. The van der Waals surface area contributed by atoms with Gasteiger partial charge in [0.05, 0.1) is 11.0 Å². The maximum absolute atomic E-state index is 13.4. The summed E-state index contributed by atoms with van der Waals surface area (Å²) in [5.74, 6) is -2.82. The van der Waals surface area contributed by atoms with Crippen LogP contribution in [0.3, 0.4) is 0 Å². The predicted molar refractivity (Wildman–Crippen MR) is 62.5 cm³/mol. The van der Waals surface area contributed by atoms with E-state index in [1.165, 1.54) is 26.0 Å². The van der Waals surface area contributed by atoms with E-state index >= 15 is 0 Å². The molecule has 0 fully saturated rings. The molecule has 1 aromatic rings. The van der Waals surface area contributed by atoms with Crippen LogP contribution < -0.4 is 5.73 Å². The van der Waals surface area contributed by atoms with Crippen LogP contribution in [0.1, 0.15) is 24.2 Å². The summed E-state index contributed by atoms with van der Waals surface area (Å²) in [5.41, 5.74) is 4.04. The zero-order chi connectivity index (χ0) is 13.9. The van der Waals surface area contributed by atoms with Crippen molar-refractivity contribution >= 4 is 17.6 Å². The lowest BCUT2D eigenvalue weighted by molar-refractivity contribution is -0.149. The number of anilines is 1. The smallest absolute Gasteiger partial charge is 0.341 e. The molecule has 1 rings (SSSR count). The highest BCUT2D eigenvalue weighted by molar-refractivity contribution is 5.90. The Morgan fingerprint density at radius 1 is 1.44 bits per heavy atom. The van der Waals surface area contributed by atoms with Crippen molar-refractivity contribution in [1.82, 2.24) is 0 Å². The summed E-state index contributed by atoms with van der Waals surface area (Å²) in [6.45, 7) is 2.47. The number of rotatable bonds is 4. The Balaban J connectivity index is 2.75. The van der Waals surface area contributed by atoms with E-state index < -0.39 is 23.2 Å². The summed E-state index contributed by atoms with van der Waals surface area (Å²) < 4.78 is 18.2. The zero-order valence-electron chi connectivity index (χ0n) is 10.1. The molecule has 0 spiro atoms. The molecule has 0 heterocycles. The third kappa shape index (κ3) is 3.19. The molecular weight excluding hydrogens is 241 g/mol. The highest BCUT2D eigenvalue weighted by atomic mass is 19.1. The van der Waals surface area contributed by atoms with Crippen molar-refractivity contribution in [2.75, 3.05) is 12.3 Å². The molecule has 0 aliphatic carbocycles. The maximum atomic E-state index is 13.4. The SMILES string of the molecule is CC(C)(COC(=O)c1ccc(N)cc1F)C(=O)O. The van der Waals surface area contributed by atoms with Crippen LogP contribution in [0, 0.1) is 11.2 Å². The molecule has 0 radical (unpaired) electrons. The Hall–Kier alpha value is -2.11. The van der Waals surface area contributed by atoms with Gasteiger partial charge in [-0.2, -0.15) is 0 Å². The van der Waals surface area contributed by atoms with E-state index in [9.17, 15) is 14.0 Å². The van der Waals surface area contributed by atoms with E-state index in [2.05, 4.69) is 0 Å². The molecule has 1 aromatic carbocycles. The van der Waals surface area contributed by atoms with Gasteiger partial charge < -0.3 is 15.6 Å². The number of halogens is 1. The van der Waals surface area contributed by atoms with Crippen molar-refractivity contribution in [3.8, 4) is 0 Å². The Morgan fingerprint density at radius 2 is 2.06 bits per heavy atom. The van der Waals surface area contributed by atoms with Gasteiger partial charge in [0, 0.05) is 5.69 Å². The van der Waals surface area contributed by atoms with Gasteiger partial charge in [0.25, 0.3) is 0 Å². The van der Waals surface area contributed by atoms with E-state index in [0.29, 0.717) is 0 Å². The van der Waals surface area contributed by atoms with Gasteiger partial charge in [0.15, 0.2) is 0 Å². The fraction of sp³-hybridized carbons (Fsp3) is 0.333. The first kappa shape index (κ1) is 14.0. The third-order valence-electron chi connectivity index (χ3n) is 2.36. The van der Waals surface area contributed by atoms with E-state index in [1.807, 2.05) is 0 Å². The number of ether oxygens (including phenoxy) is 1. The molecule has 0 amide bonds. The molecule has 0 atom stereocenters. The molecule has 0 saturated heterocycles. The molecule has 0 aliphatic rings. The molecule has 18 heavy (non-hydrogen) atoms. The van der Waals surface area contributed by atoms with Crippen LogP contribution in [0.5, 0.6) is 0 Å². The van der Waals surface area contributed by atoms with Crippen LogP contribution in [-0.4, -0.2) is 23.7 Å². The monoisotopic (exact) mass is 255 g/mol. The van der Waals surface area contributed by atoms with Crippen molar-refractivity contribution in [3.05, 3.63) is 29.6 Å². The molecule has 0 unspecified atom stereocenters. The van der Waals surface area contributed by atoms with E-state index in [0.717, 1.165) is 6.07 Å². The van der Waals surface area contributed by atoms with Crippen LogP contribution >= 0.6 is 0 Å². The number of carboxylic acids is 1. The van der Waals surface area contributed by atoms with Crippen molar-refractivity contribution in [2.45, 2.75) is 13.8 Å². The van der Waals surface area contributed by atoms with Crippen LogP contribution in [0.2, 0.25) is 0 Å². The van der Waals surface area contributed by atoms with Crippen LogP contribution in [0.4, 0.5) is 10.1 Å². The summed E-state index contributed by atoms with van der Waals surface area (Å²) in [4.78, 5) is 22.3. The van der Waals surface area contributed by atoms with Gasteiger partial charge in [-0.05, 0) is 32.0 Å². The number of esters is 1. The van der Waals surface area contributed by atoms with Crippen molar-refractivity contribution < 1.29 is 23.8 Å². The molecular formula is C12H14FNO4. The number of aliphatic carboxylic acids is 1. The van der Waals surface area contributed by atoms with E-state index in [4.69, 9.17) is 15.6 Å². The van der Waals surface area contributed by atoms with Crippen molar-refractivity contribution in [2.24, 2.45) is 5.41 Å². The first-order valence-electron chi connectivity index (χ1n) is 5.19. The molecule has 5 nitrogen and oxygen atoms in total. The van der Waals surface area contributed by atoms with Crippen molar-refractivity contribution in [3.63, 3.8) is 0 Å². The second-order valence-corrected chi connectivity index (χ2v) is 4.50. The molecule has 0 aromatic heterocycles. The average molecular weight is 255 g/mol. The maximum Gasteiger partial charge on any atom is 0.341 e. The Bertz CT molecular complexity index is 485. The number of hydrogen-bond acceptors (Lipinski definition) is 4. The molecule has 3 N–H and O–H groups in total.